The molecule has 114 valence electrons. The average Bonchev–Trinajstić information content (AvgIpc) is 2.38. The fourth-order valence-electron chi connectivity index (χ4n) is 1.68. The molecular weight excluding hydrogens is 318 g/mol. The highest BCUT2D eigenvalue weighted by molar-refractivity contribution is 9.10. The number of ether oxygens (including phenoxy) is 2. The van der Waals surface area contributed by atoms with Gasteiger partial charge in [0.15, 0.2) is 0 Å². The van der Waals surface area contributed by atoms with Gasteiger partial charge in [-0.3, -0.25) is 0 Å². The largest absolute Gasteiger partial charge is 0.494 e. The van der Waals surface area contributed by atoms with Crippen molar-refractivity contribution in [1.82, 2.24) is 5.32 Å². The van der Waals surface area contributed by atoms with Gasteiger partial charge in [-0.1, -0.05) is 15.9 Å². The van der Waals surface area contributed by atoms with E-state index in [9.17, 15) is 0 Å². The minimum atomic E-state index is 0.108. The maximum Gasteiger partial charge on any atom is 0.119 e. The highest BCUT2D eigenvalue weighted by Gasteiger charge is 2.10. The van der Waals surface area contributed by atoms with Crippen LogP contribution in [-0.2, 0) is 11.3 Å². The second kappa shape index (κ2) is 8.65. The molecule has 0 fully saturated rings. The Hall–Kier alpha value is -0.580. The van der Waals surface area contributed by atoms with Crippen LogP contribution in [0.5, 0.6) is 5.75 Å². The molecule has 0 aliphatic heterocycles. The summed E-state index contributed by atoms with van der Waals surface area (Å²) in [7, 11) is 1.73. The number of benzene rings is 1. The van der Waals surface area contributed by atoms with Crippen molar-refractivity contribution < 1.29 is 9.47 Å². The van der Waals surface area contributed by atoms with Gasteiger partial charge in [-0.05, 0) is 57.4 Å². The monoisotopic (exact) mass is 343 g/mol. The van der Waals surface area contributed by atoms with Gasteiger partial charge in [0, 0.05) is 30.3 Å². The third kappa shape index (κ3) is 7.27. The van der Waals surface area contributed by atoms with E-state index in [0.29, 0.717) is 0 Å². The number of unbranched alkanes of at least 4 members (excludes halogenated alkanes) is 1. The number of hydrogen-bond acceptors (Lipinski definition) is 3. The van der Waals surface area contributed by atoms with E-state index in [0.717, 1.165) is 42.8 Å². The molecule has 0 bridgehead atoms. The lowest BCUT2D eigenvalue weighted by molar-refractivity contribution is 0.184. The van der Waals surface area contributed by atoms with Gasteiger partial charge in [-0.25, -0.2) is 0 Å². The Morgan fingerprint density at radius 3 is 2.50 bits per heavy atom. The summed E-state index contributed by atoms with van der Waals surface area (Å²) in [5.74, 6) is 0.927. The van der Waals surface area contributed by atoms with E-state index in [4.69, 9.17) is 9.47 Å². The van der Waals surface area contributed by atoms with Crippen LogP contribution in [0, 0.1) is 0 Å². The molecule has 0 atom stereocenters. The average molecular weight is 344 g/mol. The molecule has 4 heteroatoms. The van der Waals surface area contributed by atoms with Gasteiger partial charge in [-0.15, -0.1) is 0 Å². The minimum Gasteiger partial charge on any atom is -0.494 e. The quantitative estimate of drug-likeness (QED) is 0.719. The molecule has 20 heavy (non-hydrogen) atoms. The summed E-state index contributed by atoms with van der Waals surface area (Å²) < 4.78 is 11.9. The summed E-state index contributed by atoms with van der Waals surface area (Å²) in [5.41, 5.74) is 1.32. The zero-order chi connectivity index (χ0) is 15.0. The van der Waals surface area contributed by atoms with Crippen molar-refractivity contribution in [2.45, 2.75) is 45.7 Å². The minimum absolute atomic E-state index is 0.108. The Morgan fingerprint density at radius 2 is 1.85 bits per heavy atom. The van der Waals surface area contributed by atoms with Gasteiger partial charge >= 0.3 is 0 Å². The molecule has 1 N–H and O–H groups in total. The highest BCUT2D eigenvalue weighted by Crippen LogP contribution is 2.23. The first-order valence-electron chi connectivity index (χ1n) is 7.07. The lowest BCUT2D eigenvalue weighted by Gasteiger charge is -2.21. The Kier molecular flexibility index (Phi) is 7.56. The van der Waals surface area contributed by atoms with Crippen LogP contribution in [-0.4, -0.2) is 25.9 Å². The van der Waals surface area contributed by atoms with Gasteiger partial charge in [0.1, 0.15) is 5.75 Å². The normalized spacial score (nSPS) is 11.7. The molecule has 0 heterocycles. The molecule has 0 saturated carbocycles. The number of methoxy groups -OCH3 is 1. The molecule has 3 nitrogen and oxygen atoms in total. The zero-order valence-corrected chi connectivity index (χ0v) is 14.5. The SMILES string of the molecule is COCCCCOc1ccc(Br)c(CNC(C)(C)C)c1. The number of rotatable bonds is 8. The summed E-state index contributed by atoms with van der Waals surface area (Å²) in [5, 5.41) is 3.49. The van der Waals surface area contributed by atoms with Crippen LogP contribution in [0.25, 0.3) is 0 Å². The lowest BCUT2D eigenvalue weighted by Crippen LogP contribution is -2.35. The zero-order valence-electron chi connectivity index (χ0n) is 13.0. The van der Waals surface area contributed by atoms with E-state index in [1.165, 1.54) is 5.56 Å². The van der Waals surface area contributed by atoms with E-state index in [1.54, 1.807) is 7.11 Å². The van der Waals surface area contributed by atoms with Crippen LogP contribution in [0.2, 0.25) is 0 Å². The summed E-state index contributed by atoms with van der Waals surface area (Å²) in [6, 6.07) is 6.14. The van der Waals surface area contributed by atoms with Crippen LogP contribution in [0.4, 0.5) is 0 Å². The molecule has 0 aliphatic carbocycles. The Bertz CT molecular complexity index is 402. The molecule has 1 aromatic rings. The number of nitrogens with one attached hydrogen (secondary N) is 1. The van der Waals surface area contributed by atoms with Crippen LogP contribution < -0.4 is 10.1 Å². The topological polar surface area (TPSA) is 30.5 Å². The number of halogens is 1. The molecule has 0 aromatic heterocycles. The molecule has 0 saturated heterocycles. The molecule has 0 spiro atoms. The Morgan fingerprint density at radius 1 is 1.15 bits per heavy atom. The van der Waals surface area contributed by atoms with Crippen molar-refractivity contribution in [3.05, 3.63) is 28.2 Å². The van der Waals surface area contributed by atoms with E-state index in [-0.39, 0.29) is 5.54 Å². The molecule has 1 rings (SSSR count). The second-order valence-corrected chi connectivity index (χ2v) is 6.76. The van der Waals surface area contributed by atoms with Gasteiger partial charge in [-0.2, -0.15) is 0 Å². The van der Waals surface area contributed by atoms with Crippen molar-refractivity contribution in [3.8, 4) is 5.75 Å². The van der Waals surface area contributed by atoms with Crippen LogP contribution in [0.3, 0.4) is 0 Å². The fraction of sp³-hybridized carbons (Fsp3) is 0.625. The van der Waals surface area contributed by atoms with Gasteiger partial charge < -0.3 is 14.8 Å². The molecule has 0 aliphatic rings. The summed E-state index contributed by atoms with van der Waals surface area (Å²) >= 11 is 3.59. The van der Waals surface area contributed by atoms with Crippen molar-refractivity contribution in [1.29, 1.82) is 0 Å². The predicted molar refractivity (Wildman–Crippen MR) is 87.3 cm³/mol. The van der Waals surface area contributed by atoms with Crippen LogP contribution in [0.1, 0.15) is 39.2 Å². The van der Waals surface area contributed by atoms with Gasteiger partial charge in [0.2, 0.25) is 0 Å². The Labute approximate surface area is 131 Å². The summed E-state index contributed by atoms with van der Waals surface area (Å²) in [6.45, 7) is 8.84. The third-order valence-electron chi connectivity index (χ3n) is 2.84. The molecule has 0 radical (unpaired) electrons. The maximum absolute atomic E-state index is 5.78. The first-order chi connectivity index (χ1) is 9.42. The predicted octanol–water partition coefficient (Wildman–Crippen LogP) is 4.14. The fourth-order valence-corrected chi connectivity index (χ4v) is 2.06. The molecule has 0 unspecified atom stereocenters. The standard InChI is InChI=1S/C16H26BrNO2/c1-16(2,3)18-12-13-11-14(7-8-15(13)17)20-10-6-5-9-19-4/h7-8,11,18H,5-6,9-10,12H2,1-4H3. The molecule has 1 aromatic carbocycles. The van der Waals surface area contributed by atoms with E-state index in [1.807, 2.05) is 12.1 Å². The summed E-state index contributed by atoms with van der Waals surface area (Å²) in [4.78, 5) is 0. The van der Waals surface area contributed by atoms with Crippen molar-refractivity contribution in [3.63, 3.8) is 0 Å². The van der Waals surface area contributed by atoms with Crippen molar-refractivity contribution in [2.24, 2.45) is 0 Å². The van der Waals surface area contributed by atoms with Crippen LogP contribution >= 0.6 is 15.9 Å². The van der Waals surface area contributed by atoms with E-state index < -0.39 is 0 Å². The van der Waals surface area contributed by atoms with Gasteiger partial charge in [0.25, 0.3) is 0 Å². The lowest BCUT2D eigenvalue weighted by atomic mass is 10.1. The first kappa shape index (κ1) is 17.5. The Balaban J connectivity index is 2.48. The third-order valence-corrected chi connectivity index (χ3v) is 3.61. The van der Waals surface area contributed by atoms with Gasteiger partial charge in [0.05, 0.1) is 6.61 Å². The van der Waals surface area contributed by atoms with E-state index >= 15 is 0 Å². The van der Waals surface area contributed by atoms with Crippen molar-refractivity contribution >= 4 is 15.9 Å². The smallest absolute Gasteiger partial charge is 0.119 e. The highest BCUT2D eigenvalue weighted by atomic mass is 79.9. The molecular formula is C16H26BrNO2. The van der Waals surface area contributed by atoms with Crippen LogP contribution in [0.15, 0.2) is 22.7 Å². The maximum atomic E-state index is 5.78. The number of hydrogen-bond donors (Lipinski definition) is 1. The first-order valence-corrected chi connectivity index (χ1v) is 7.87. The molecule has 0 amide bonds. The summed E-state index contributed by atoms with van der Waals surface area (Å²) in [6.07, 6.45) is 2.05. The van der Waals surface area contributed by atoms with E-state index in [2.05, 4.69) is 48.1 Å². The van der Waals surface area contributed by atoms with Crippen molar-refractivity contribution in [2.75, 3.05) is 20.3 Å². The second-order valence-electron chi connectivity index (χ2n) is 5.91.